The molecule has 0 aromatic carbocycles. The molecule has 0 unspecified atom stereocenters. The summed E-state index contributed by atoms with van der Waals surface area (Å²) in [4.78, 5) is 16.8. The monoisotopic (exact) mass is 334 g/mol. The zero-order valence-electron chi connectivity index (χ0n) is 16.4. The van der Waals surface area contributed by atoms with E-state index in [0.717, 1.165) is 13.0 Å². The summed E-state index contributed by atoms with van der Waals surface area (Å²) in [7, 11) is 2.18. The van der Waals surface area contributed by atoms with Crippen molar-refractivity contribution < 1.29 is 9.53 Å². The van der Waals surface area contributed by atoms with Crippen LogP contribution in [0, 0.1) is 11.3 Å². The van der Waals surface area contributed by atoms with Gasteiger partial charge in [-0.2, -0.15) is 0 Å². The highest BCUT2D eigenvalue weighted by molar-refractivity contribution is 5.83. The lowest BCUT2D eigenvalue weighted by atomic mass is 9.89. The average molecular weight is 335 g/mol. The second kappa shape index (κ2) is 7.01. The first-order valence-electron chi connectivity index (χ1n) is 9.06. The van der Waals surface area contributed by atoms with Crippen LogP contribution in [0.3, 0.4) is 0 Å². The van der Waals surface area contributed by atoms with Crippen LogP contribution in [0.1, 0.15) is 54.4 Å². The Bertz CT molecular complexity index is 523. The molecule has 2 rings (SSSR count). The van der Waals surface area contributed by atoms with Gasteiger partial charge in [0.2, 0.25) is 5.91 Å². The van der Waals surface area contributed by atoms with E-state index in [1.807, 2.05) is 27.0 Å². The van der Waals surface area contributed by atoms with E-state index >= 15 is 0 Å². The largest absolute Gasteiger partial charge is 0.375 e. The second-order valence-electron chi connectivity index (χ2n) is 9.10. The Morgan fingerprint density at radius 3 is 2.42 bits per heavy atom. The number of hydrogen-bond donors (Lipinski definition) is 0. The molecule has 0 saturated carbocycles. The highest BCUT2D eigenvalue weighted by atomic mass is 16.5. The van der Waals surface area contributed by atoms with E-state index < -0.39 is 0 Å². The Morgan fingerprint density at radius 1 is 1.25 bits per heavy atom. The quantitative estimate of drug-likeness (QED) is 0.787. The molecule has 4 heteroatoms. The summed E-state index contributed by atoms with van der Waals surface area (Å²) in [5, 5.41) is 0. The van der Waals surface area contributed by atoms with Gasteiger partial charge in [0.15, 0.2) is 0 Å². The number of rotatable bonds is 3. The van der Waals surface area contributed by atoms with Crippen LogP contribution < -0.4 is 0 Å². The zero-order valence-corrected chi connectivity index (χ0v) is 16.4. The Hall–Kier alpha value is -1.13. The molecule has 0 spiro atoms. The van der Waals surface area contributed by atoms with Gasteiger partial charge in [-0.25, -0.2) is 0 Å². The van der Waals surface area contributed by atoms with Gasteiger partial charge in [-0.05, 0) is 52.8 Å². The van der Waals surface area contributed by atoms with E-state index in [1.54, 1.807) is 4.90 Å². The first-order valence-corrected chi connectivity index (χ1v) is 9.06. The number of carbonyl (C=O) groups excluding carboxylic acids is 1. The van der Waals surface area contributed by atoms with Crippen molar-refractivity contribution in [1.82, 2.24) is 9.80 Å². The van der Waals surface area contributed by atoms with Crippen LogP contribution in [0.15, 0.2) is 24.0 Å². The summed E-state index contributed by atoms with van der Waals surface area (Å²) in [6, 6.07) is 0.402. The van der Waals surface area contributed by atoms with E-state index in [4.69, 9.17) is 4.74 Å². The molecule has 1 amide bonds. The van der Waals surface area contributed by atoms with Crippen LogP contribution in [0.25, 0.3) is 0 Å². The number of carbonyl (C=O) groups is 1. The van der Waals surface area contributed by atoms with Crippen molar-refractivity contribution in [1.29, 1.82) is 0 Å². The van der Waals surface area contributed by atoms with Crippen LogP contribution in [0.5, 0.6) is 0 Å². The molecule has 2 aliphatic heterocycles. The highest BCUT2D eigenvalue weighted by Crippen LogP contribution is 2.33. The van der Waals surface area contributed by atoms with Gasteiger partial charge in [-0.3, -0.25) is 14.6 Å². The first-order chi connectivity index (χ1) is 11.0. The maximum atomic E-state index is 12.7. The van der Waals surface area contributed by atoms with Crippen molar-refractivity contribution in [3.63, 3.8) is 0 Å². The molecule has 2 atom stereocenters. The normalized spacial score (nSPS) is 26.0. The molecule has 0 aliphatic carbocycles. The maximum absolute atomic E-state index is 12.7. The number of hydrogen-bond acceptors (Lipinski definition) is 3. The molecule has 0 radical (unpaired) electrons. The van der Waals surface area contributed by atoms with Crippen molar-refractivity contribution in [2.45, 2.75) is 66.0 Å². The van der Waals surface area contributed by atoms with Crippen molar-refractivity contribution in [3.05, 3.63) is 24.0 Å². The first kappa shape index (κ1) is 19.2. The summed E-state index contributed by atoms with van der Waals surface area (Å²) in [6.07, 6.45) is 8.48. The molecule has 4 nitrogen and oxygen atoms in total. The van der Waals surface area contributed by atoms with Crippen LogP contribution in [-0.4, -0.2) is 47.5 Å². The third-order valence-corrected chi connectivity index (χ3v) is 4.67. The van der Waals surface area contributed by atoms with E-state index in [1.165, 1.54) is 12.0 Å². The van der Waals surface area contributed by atoms with Crippen LogP contribution in [0.4, 0.5) is 0 Å². The number of likely N-dealkylation sites (tertiary alicyclic amines) is 1. The SMILES string of the molecule is CN1CCC[C@H]1C1=CN(C(=O)C(C)(C)C)C=C[C@@H]1COC(C)(C)C. The van der Waals surface area contributed by atoms with Gasteiger partial charge in [0, 0.05) is 29.8 Å². The van der Waals surface area contributed by atoms with Gasteiger partial charge < -0.3 is 4.74 Å². The smallest absolute Gasteiger partial charge is 0.235 e. The number of amides is 1. The minimum atomic E-state index is -0.387. The minimum Gasteiger partial charge on any atom is -0.375 e. The fourth-order valence-electron chi connectivity index (χ4n) is 3.28. The molecule has 2 heterocycles. The van der Waals surface area contributed by atoms with Crippen LogP contribution in [-0.2, 0) is 9.53 Å². The van der Waals surface area contributed by atoms with E-state index in [2.05, 4.69) is 45.0 Å². The lowest BCUT2D eigenvalue weighted by molar-refractivity contribution is -0.134. The predicted octanol–water partition coefficient (Wildman–Crippen LogP) is 3.80. The molecule has 0 aromatic rings. The van der Waals surface area contributed by atoms with Crippen LogP contribution in [0.2, 0.25) is 0 Å². The Balaban J connectivity index is 2.23. The molecule has 24 heavy (non-hydrogen) atoms. The molecule has 0 aromatic heterocycles. The van der Waals surface area contributed by atoms with Gasteiger partial charge in [0.05, 0.1) is 12.2 Å². The lowest BCUT2D eigenvalue weighted by Gasteiger charge is -2.35. The highest BCUT2D eigenvalue weighted by Gasteiger charge is 2.34. The van der Waals surface area contributed by atoms with E-state index in [-0.39, 0.29) is 22.8 Å². The number of likely N-dealkylation sites (N-methyl/N-ethyl adjacent to an activating group) is 1. The molecule has 2 aliphatic rings. The third-order valence-electron chi connectivity index (χ3n) is 4.67. The van der Waals surface area contributed by atoms with E-state index in [0.29, 0.717) is 12.6 Å². The van der Waals surface area contributed by atoms with Crippen LogP contribution >= 0.6 is 0 Å². The predicted molar refractivity (Wildman–Crippen MR) is 98.4 cm³/mol. The van der Waals surface area contributed by atoms with Gasteiger partial charge in [-0.1, -0.05) is 26.8 Å². The molecule has 1 saturated heterocycles. The second-order valence-corrected chi connectivity index (χ2v) is 9.10. The maximum Gasteiger partial charge on any atom is 0.235 e. The summed E-state index contributed by atoms with van der Waals surface area (Å²) in [6.45, 7) is 13.9. The van der Waals surface area contributed by atoms with Gasteiger partial charge >= 0.3 is 0 Å². The standard InChI is InChI=1S/C20H34N2O2/c1-19(2,3)18(23)22-12-10-15(14-24-20(4,5)6)16(13-22)17-9-8-11-21(17)7/h10,12-13,15,17H,8-9,11,14H2,1-7H3/t15-,17+/m1/s1. The van der Waals surface area contributed by atoms with Crippen molar-refractivity contribution in [3.8, 4) is 0 Å². The van der Waals surface area contributed by atoms with Crippen molar-refractivity contribution in [2.75, 3.05) is 20.2 Å². The van der Waals surface area contributed by atoms with Crippen molar-refractivity contribution >= 4 is 5.91 Å². The molecule has 0 bridgehead atoms. The molecular formula is C20H34N2O2. The van der Waals surface area contributed by atoms with Gasteiger partial charge in [0.1, 0.15) is 0 Å². The lowest BCUT2D eigenvalue weighted by Crippen LogP contribution is -2.39. The van der Waals surface area contributed by atoms with Gasteiger partial charge in [-0.15, -0.1) is 0 Å². The topological polar surface area (TPSA) is 32.8 Å². The molecular weight excluding hydrogens is 300 g/mol. The fraction of sp³-hybridized carbons (Fsp3) is 0.750. The minimum absolute atomic E-state index is 0.132. The van der Waals surface area contributed by atoms with E-state index in [9.17, 15) is 4.79 Å². The summed E-state index contributed by atoms with van der Waals surface area (Å²) in [5.74, 6) is 0.367. The summed E-state index contributed by atoms with van der Waals surface area (Å²) >= 11 is 0. The Morgan fingerprint density at radius 2 is 1.92 bits per heavy atom. The Labute approximate surface area is 147 Å². The Kier molecular flexibility index (Phi) is 5.61. The average Bonchev–Trinajstić information content (AvgIpc) is 2.88. The zero-order chi connectivity index (χ0) is 18.1. The molecule has 0 N–H and O–H groups in total. The van der Waals surface area contributed by atoms with Gasteiger partial charge in [0.25, 0.3) is 0 Å². The summed E-state index contributed by atoms with van der Waals surface area (Å²) in [5.41, 5.74) is 0.764. The third kappa shape index (κ3) is 4.70. The summed E-state index contributed by atoms with van der Waals surface area (Å²) < 4.78 is 6.04. The van der Waals surface area contributed by atoms with Crippen molar-refractivity contribution in [2.24, 2.45) is 11.3 Å². The molecule has 136 valence electrons. The number of ether oxygens (including phenoxy) is 1. The molecule has 1 fully saturated rings. The number of nitrogens with zero attached hydrogens (tertiary/aromatic N) is 2. The fourth-order valence-corrected chi connectivity index (χ4v) is 3.28.